The zero-order chi connectivity index (χ0) is 29.1. The van der Waals surface area contributed by atoms with Gasteiger partial charge in [0.1, 0.15) is 5.82 Å². The number of hydrogen-bond donors (Lipinski definition) is 4. The van der Waals surface area contributed by atoms with Crippen molar-refractivity contribution in [2.45, 2.75) is 31.7 Å². The second-order valence-corrected chi connectivity index (χ2v) is 9.68. The largest absolute Gasteiger partial charge is 0.473 e. The van der Waals surface area contributed by atoms with Crippen molar-refractivity contribution in [3.63, 3.8) is 0 Å². The minimum atomic E-state index is -1.82. The highest BCUT2D eigenvalue weighted by Gasteiger charge is 2.22. The van der Waals surface area contributed by atoms with Crippen LogP contribution in [0.5, 0.6) is 0 Å². The lowest BCUT2D eigenvalue weighted by atomic mass is 10.0. The number of piperidine rings is 1. The van der Waals surface area contributed by atoms with Crippen molar-refractivity contribution in [3.05, 3.63) is 71.7 Å². The van der Waals surface area contributed by atoms with Gasteiger partial charge in [0, 0.05) is 50.5 Å². The van der Waals surface area contributed by atoms with Crippen LogP contribution >= 0.6 is 0 Å². The Balaban J connectivity index is 0.000000663. The number of likely N-dealkylation sites (tertiary alicyclic amines) is 1. The number of halogens is 1. The van der Waals surface area contributed by atoms with Crippen LogP contribution < -0.4 is 0 Å². The van der Waals surface area contributed by atoms with Gasteiger partial charge in [0.05, 0.1) is 19.6 Å². The molecule has 2 heterocycles. The van der Waals surface area contributed by atoms with Gasteiger partial charge in [-0.15, -0.1) is 0 Å². The van der Waals surface area contributed by atoms with Gasteiger partial charge in [-0.1, -0.05) is 24.3 Å². The van der Waals surface area contributed by atoms with Crippen molar-refractivity contribution >= 4 is 28.7 Å². The summed E-state index contributed by atoms with van der Waals surface area (Å²) in [5, 5.41) is 34.3. The lowest BCUT2D eigenvalue weighted by molar-refractivity contribution is -0.159. The molecule has 4 rings (SSSR count). The summed E-state index contributed by atoms with van der Waals surface area (Å²) in [4.78, 5) is 34.8. The molecule has 2 aromatic carbocycles. The van der Waals surface area contributed by atoms with Gasteiger partial charge in [0.15, 0.2) is 0 Å². The number of aliphatic carboxylic acids is 2. The molecule has 1 fully saturated rings. The minimum Gasteiger partial charge on any atom is -0.473 e. The number of carbonyl (C=O) groups excluding carboxylic acids is 1. The molecule has 0 aliphatic carbocycles. The van der Waals surface area contributed by atoms with E-state index in [1.807, 2.05) is 18.2 Å². The molecule has 4 N–H and O–H groups in total. The number of aliphatic hydroxyl groups excluding tert-OH is 2. The lowest BCUT2D eigenvalue weighted by Gasteiger charge is -2.33. The highest BCUT2D eigenvalue weighted by atomic mass is 19.1. The summed E-state index contributed by atoms with van der Waals surface area (Å²) in [7, 11) is 0. The monoisotopic (exact) mass is 557 g/mol. The number of aliphatic hydroxyl groups is 2. The Morgan fingerprint density at radius 3 is 2.05 bits per heavy atom. The van der Waals surface area contributed by atoms with Gasteiger partial charge >= 0.3 is 11.9 Å². The van der Waals surface area contributed by atoms with Gasteiger partial charge in [-0.2, -0.15) is 0 Å². The average Bonchev–Trinajstić information content (AvgIpc) is 3.36. The molecule has 1 aliphatic rings. The molecule has 40 heavy (non-hydrogen) atoms. The van der Waals surface area contributed by atoms with E-state index < -0.39 is 11.9 Å². The fraction of sp³-hybridized carbons (Fsp3) is 0.414. The van der Waals surface area contributed by atoms with Crippen LogP contribution in [0.2, 0.25) is 0 Å². The van der Waals surface area contributed by atoms with E-state index in [0.29, 0.717) is 6.04 Å². The Bertz CT molecular complexity index is 1250. The molecule has 0 atom stereocenters. The third kappa shape index (κ3) is 8.87. The molecule has 10 nitrogen and oxygen atoms in total. The number of hydrogen-bond acceptors (Lipinski definition) is 6. The number of fused-ring (bicyclic) bond motifs is 1. The second-order valence-electron chi connectivity index (χ2n) is 9.68. The van der Waals surface area contributed by atoms with Crippen LogP contribution in [0.3, 0.4) is 0 Å². The van der Waals surface area contributed by atoms with E-state index in [4.69, 9.17) is 19.8 Å². The SMILES string of the molecule is O=C(Cc1ccc2ccn(C3CCN(CCc4ccc(F)cc4)CC3)c2c1)N(CCO)CCO.O=C(O)C(=O)O. The summed E-state index contributed by atoms with van der Waals surface area (Å²) >= 11 is 0. The zero-order valence-corrected chi connectivity index (χ0v) is 22.3. The molecular formula is C29H36FN3O7. The predicted molar refractivity (Wildman–Crippen MR) is 146 cm³/mol. The molecule has 0 bridgehead atoms. The number of amides is 1. The third-order valence-corrected chi connectivity index (χ3v) is 7.00. The average molecular weight is 558 g/mol. The first-order chi connectivity index (χ1) is 19.2. The number of nitrogens with zero attached hydrogens (tertiary/aromatic N) is 3. The smallest absolute Gasteiger partial charge is 0.414 e. The van der Waals surface area contributed by atoms with Crippen molar-refractivity contribution < 1.29 is 39.2 Å². The van der Waals surface area contributed by atoms with Gasteiger partial charge in [-0.25, -0.2) is 14.0 Å². The van der Waals surface area contributed by atoms with Crippen molar-refractivity contribution in [2.24, 2.45) is 0 Å². The van der Waals surface area contributed by atoms with Crippen LogP contribution in [-0.4, -0.2) is 98.6 Å². The standard InChI is InChI=1S/C27H34FN3O3.C2H2O4/c28-24-5-2-21(3-6-24)7-11-29-12-9-25(10-13-29)31-14-8-23-4-1-22(19-26(23)31)20-27(34)30(15-17-32)16-18-33;3-1(4)2(5)6/h1-6,8,14,19,25,32-33H,7,9-13,15-18,20H2;(H,3,4)(H,5,6). The van der Waals surface area contributed by atoms with E-state index in [-0.39, 0.29) is 44.4 Å². The Kier molecular flexibility index (Phi) is 11.6. The van der Waals surface area contributed by atoms with Crippen LogP contribution in [0.25, 0.3) is 10.9 Å². The summed E-state index contributed by atoms with van der Waals surface area (Å²) in [6.45, 7) is 3.28. The molecule has 1 amide bonds. The lowest BCUT2D eigenvalue weighted by Crippen LogP contribution is -2.36. The third-order valence-electron chi connectivity index (χ3n) is 7.00. The van der Waals surface area contributed by atoms with E-state index in [9.17, 15) is 19.4 Å². The number of carboxylic acids is 2. The van der Waals surface area contributed by atoms with Crippen molar-refractivity contribution in [1.82, 2.24) is 14.4 Å². The van der Waals surface area contributed by atoms with E-state index in [1.54, 1.807) is 0 Å². The fourth-order valence-electron chi connectivity index (χ4n) is 4.87. The predicted octanol–water partition coefficient (Wildman–Crippen LogP) is 2.17. The number of carboxylic acid groups (broad SMARTS) is 2. The van der Waals surface area contributed by atoms with E-state index in [1.165, 1.54) is 22.6 Å². The van der Waals surface area contributed by atoms with Crippen LogP contribution in [0.15, 0.2) is 54.7 Å². The van der Waals surface area contributed by atoms with Crippen LogP contribution in [0, 0.1) is 5.82 Å². The van der Waals surface area contributed by atoms with Gasteiger partial charge in [0.2, 0.25) is 5.91 Å². The number of carbonyl (C=O) groups is 3. The molecule has 11 heteroatoms. The topological polar surface area (TPSA) is 144 Å². The molecule has 3 aromatic rings. The van der Waals surface area contributed by atoms with Gasteiger partial charge < -0.3 is 34.8 Å². The van der Waals surface area contributed by atoms with Crippen LogP contribution in [-0.2, 0) is 27.2 Å². The number of benzene rings is 2. The maximum Gasteiger partial charge on any atom is 0.414 e. The van der Waals surface area contributed by atoms with Crippen LogP contribution in [0.4, 0.5) is 4.39 Å². The fourth-order valence-corrected chi connectivity index (χ4v) is 4.87. The van der Waals surface area contributed by atoms with Gasteiger partial charge in [-0.05, 0) is 60.0 Å². The Hall–Kier alpha value is -3.80. The van der Waals surface area contributed by atoms with Gasteiger partial charge in [-0.3, -0.25) is 4.79 Å². The number of aromatic nitrogens is 1. The molecule has 1 saturated heterocycles. The summed E-state index contributed by atoms with van der Waals surface area (Å²) < 4.78 is 15.5. The van der Waals surface area contributed by atoms with Crippen molar-refractivity contribution in [3.8, 4) is 0 Å². The maximum atomic E-state index is 13.1. The molecule has 1 aromatic heterocycles. The second kappa shape index (κ2) is 15.1. The molecule has 1 aliphatic heterocycles. The number of rotatable bonds is 10. The van der Waals surface area contributed by atoms with E-state index in [0.717, 1.165) is 55.4 Å². The highest BCUT2D eigenvalue weighted by molar-refractivity contribution is 6.27. The first kappa shape index (κ1) is 30.7. The van der Waals surface area contributed by atoms with Crippen molar-refractivity contribution in [2.75, 3.05) is 45.9 Å². The molecule has 0 unspecified atom stereocenters. The molecule has 0 radical (unpaired) electrons. The van der Waals surface area contributed by atoms with E-state index >= 15 is 0 Å². The summed E-state index contributed by atoms with van der Waals surface area (Å²) in [6, 6.07) is 15.5. The molecule has 0 saturated carbocycles. The Labute approximate surface area is 231 Å². The van der Waals surface area contributed by atoms with E-state index in [2.05, 4.69) is 33.9 Å². The quantitative estimate of drug-likeness (QED) is 0.278. The summed E-state index contributed by atoms with van der Waals surface area (Å²) in [5.41, 5.74) is 3.25. The molecular weight excluding hydrogens is 521 g/mol. The normalized spacial score (nSPS) is 14.0. The summed E-state index contributed by atoms with van der Waals surface area (Å²) in [5.74, 6) is -3.93. The molecule has 216 valence electrons. The zero-order valence-electron chi connectivity index (χ0n) is 22.3. The minimum absolute atomic E-state index is 0.0879. The first-order valence-corrected chi connectivity index (χ1v) is 13.2. The van der Waals surface area contributed by atoms with Crippen molar-refractivity contribution in [1.29, 1.82) is 0 Å². The van der Waals surface area contributed by atoms with Crippen LogP contribution in [0.1, 0.15) is 30.0 Å². The highest BCUT2D eigenvalue weighted by Crippen LogP contribution is 2.29. The Morgan fingerprint density at radius 2 is 1.48 bits per heavy atom. The first-order valence-electron chi connectivity index (χ1n) is 13.2. The summed E-state index contributed by atoms with van der Waals surface area (Å²) in [6.07, 6.45) is 5.47. The Morgan fingerprint density at radius 1 is 0.875 bits per heavy atom. The molecule has 0 spiro atoms. The van der Waals surface area contributed by atoms with Gasteiger partial charge in [0.25, 0.3) is 0 Å². The maximum absolute atomic E-state index is 13.1.